The van der Waals surface area contributed by atoms with Crippen LogP contribution in [0.5, 0.6) is 5.75 Å². The molecule has 0 aliphatic rings. The van der Waals surface area contributed by atoms with Gasteiger partial charge < -0.3 is 10.1 Å². The van der Waals surface area contributed by atoms with Crippen molar-refractivity contribution in [2.24, 2.45) is 0 Å². The Hall–Kier alpha value is -1.48. The summed E-state index contributed by atoms with van der Waals surface area (Å²) in [5.74, 6) is 0.981. The van der Waals surface area contributed by atoms with Gasteiger partial charge in [0.15, 0.2) is 0 Å². The lowest BCUT2D eigenvalue weighted by Crippen LogP contribution is -2.11. The van der Waals surface area contributed by atoms with Crippen LogP contribution in [0, 0.1) is 0 Å². The quantitative estimate of drug-likeness (QED) is 0.782. The molecule has 21 heavy (non-hydrogen) atoms. The highest BCUT2D eigenvalue weighted by molar-refractivity contribution is 7.19. The summed E-state index contributed by atoms with van der Waals surface area (Å²) in [5.41, 5.74) is 2.67. The Bertz CT molecular complexity index is 596. The zero-order valence-electron chi connectivity index (χ0n) is 13.6. The lowest BCUT2D eigenvalue weighted by atomic mass is 9.86. The van der Waals surface area contributed by atoms with Crippen LogP contribution in [0.25, 0.3) is 10.4 Å². The fourth-order valence-electron chi connectivity index (χ4n) is 2.14. The highest BCUT2D eigenvalue weighted by Gasteiger charge is 2.17. The number of ether oxygens (including phenoxy) is 1. The van der Waals surface area contributed by atoms with Gasteiger partial charge in [-0.1, -0.05) is 33.8 Å². The molecule has 0 saturated heterocycles. The van der Waals surface area contributed by atoms with Gasteiger partial charge in [0.25, 0.3) is 0 Å². The van der Waals surface area contributed by atoms with Crippen molar-refractivity contribution in [1.29, 1.82) is 0 Å². The van der Waals surface area contributed by atoms with E-state index in [0.29, 0.717) is 0 Å². The highest BCUT2D eigenvalue weighted by atomic mass is 32.1. The van der Waals surface area contributed by atoms with Crippen LogP contribution in [-0.2, 0) is 5.41 Å². The summed E-state index contributed by atoms with van der Waals surface area (Å²) in [6, 6.07) is 10.9. The molecule has 1 N–H and O–H groups in total. The van der Waals surface area contributed by atoms with Crippen molar-refractivity contribution in [1.82, 2.24) is 0 Å². The van der Waals surface area contributed by atoms with Crippen LogP contribution in [0.15, 0.2) is 30.3 Å². The van der Waals surface area contributed by atoms with Gasteiger partial charge >= 0.3 is 0 Å². The molecule has 0 aliphatic heterocycles. The normalized spacial score (nSPS) is 11.5. The molecule has 0 unspecified atom stereocenters. The number of nitrogens with one attached hydrogen (secondary N) is 1. The largest absolute Gasteiger partial charge is 0.493 e. The van der Waals surface area contributed by atoms with Gasteiger partial charge in [0.05, 0.1) is 11.6 Å². The molecule has 1 aromatic heterocycles. The smallest absolute Gasteiger partial charge is 0.127 e. The molecule has 0 amide bonds. The van der Waals surface area contributed by atoms with Gasteiger partial charge in [-0.25, -0.2) is 0 Å². The van der Waals surface area contributed by atoms with Gasteiger partial charge in [-0.2, -0.15) is 0 Å². The minimum atomic E-state index is 0.140. The summed E-state index contributed by atoms with van der Waals surface area (Å²) in [6.45, 7) is 9.62. The van der Waals surface area contributed by atoms with Crippen LogP contribution in [0.4, 0.5) is 5.00 Å². The second-order valence-corrected chi connectivity index (χ2v) is 7.31. The number of benzene rings is 1. The van der Waals surface area contributed by atoms with Gasteiger partial charge in [0, 0.05) is 17.5 Å². The van der Waals surface area contributed by atoms with Gasteiger partial charge in [0.1, 0.15) is 5.75 Å². The van der Waals surface area contributed by atoms with Crippen LogP contribution >= 0.6 is 11.3 Å². The Morgan fingerprint density at radius 1 is 1.14 bits per heavy atom. The van der Waals surface area contributed by atoms with E-state index in [9.17, 15) is 0 Å². The highest BCUT2D eigenvalue weighted by Crippen LogP contribution is 2.39. The van der Waals surface area contributed by atoms with E-state index < -0.39 is 0 Å². The molecular formula is C18H25NOS. The zero-order chi connectivity index (χ0) is 15.5. The summed E-state index contributed by atoms with van der Waals surface area (Å²) >= 11 is 1.76. The van der Waals surface area contributed by atoms with Crippen molar-refractivity contribution in [3.63, 3.8) is 0 Å². The molecule has 2 rings (SSSR count). The third-order valence-corrected chi connectivity index (χ3v) is 4.56. The van der Waals surface area contributed by atoms with Crippen LogP contribution in [0.2, 0.25) is 0 Å². The van der Waals surface area contributed by atoms with Crippen LogP contribution in [-0.4, -0.2) is 13.7 Å². The predicted molar refractivity (Wildman–Crippen MR) is 93.8 cm³/mol. The Kier molecular flexibility index (Phi) is 4.94. The van der Waals surface area contributed by atoms with Crippen LogP contribution in [0.1, 0.15) is 39.7 Å². The molecule has 114 valence electrons. The van der Waals surface area contributed by atoms with Gasteiger partial charge in [-0.3, -0.25) is 0 Å². The minimum absolute atomic E-state index is 0.140. The Balaban J connectivity index is 2.47. The number of anilines is 1. The Morgan fingerprint density at radius 2 is 1.90 bits per heavy atom. The summed E-state index contributed by atoms with van der Waals surface area (Å²) in [6.07, 6.45) is 1.02. The second-order valence-electron chi connectivity index (χ2n) is 6.22. The van der Waals surface area contributed by atoms with E-state index in [4.69, 9.17) is 4.74 Å². The monoisotopic (exact) mass is 303 g/mol. The van der Waals surface area contributed by atoms with E-state index in [1.54, 1.807) is 11.3 Å². The summed E-state index contributed by atoms with van der Waals surface area (Å²) in [4.78, 5) is 1.25. The SMILES string of the molecule is CCCOc1ccc(C(C)(C)C)cc1-c1ccc(NC)s1. The molecule has 0 spiro atoms. The molecule has 0 bridgehead atoms. The molecule has 0 radical (unpaired) electrons. The number of thiophene rings is 1. The van der Waals surface area contributed by atoms with Crippen molar-refractivity contribution < 1.29 is 4.74 Å². The van der Waals surface area contributed by atoms with Crippen molar-refractivity contribution in [3.05, 3.63) is 35.9 Å². The third-order valence-electron chi connectivity index (χ3n) is 3.43. The van der Waals surface area contributed by atoms with E-state index in [2.05, 4.69) is 63.3 Å². The Morgan fingerprint density at radius 3 is 2.48 bits per heavy atom. The van der Waals surface area contributed by atoms with Gasteiger partial charge in [-0.05, 0) is 41.7 Å². The summed E-state index contributed by atoms with van der Waals surface area (Å²) in [7, 11) is 1.95. The molecule has 3 heteroatoms. The molecule has 1 heterocycles. The molecule has 0 aliphatic carbocycles. The standard InChI is InChI=1S/C18H25NOS/c1-6-11-20-15-8-7-13(18(2,3)4)12-14(15)16-9-10-17(19-5)21-16/h7-10,12,19H,6,11H2,1-5H3. The van der Waals surface area contributed by atoms with E-state index >= 15 is 0 Å². The lowest BCUT2D eigenvalue weighted by Gasteiger charge is -2.21. The maximum absolute atomic E-state index is 5.94. The second kappa shape index (κ2) is 6.52. The lowest BCUT2D eigenvalue weighted by molar-refractivity contribution is 0.318. The van der Waals surface area contributed by atoms with E-state index in [-0.39, 0.29) is 5.41 Å². The molecule has 0 saturated carbocycles. The van der Waals surface area contributed by atoms with Crippen LogP contribution in [0.3, 0.4) is 0 Å². The van der Waals surface area contributed by atoms with Crippen molar-refractivity contribution in [3.8, 4) is 16.2 Å². The maximum atomic E-state index is 5.94. The first kappa shape index (κ1) is 15.9. The van der Waals surface area contributed by atoms with Gasteiger partial charge in [0.2, 0.25) is 0 Å². The topological polar surface area (TPSA) is 21.3 Å². The molecule has 0 fully saturated rings. The molecule has 0 atom stereocenters. The first-order valence-electron chi connectivity index (χ1n) is 7.51. The fraction of sp³-hybridized carbons (Fsp3) is 0.444. The van der Waals surface area contributed by atoms with Gasteiger partial charge in [-0.15, -0.1) is 11.3 Å². The maximum Gasteiger partial charge on any atom is 0.127 e. The average molecular weight is 303 g/mol. The summed E-state index contributed by atoms with van der Waals surface area (Å²) < 4.78 is 5.94. The molecule has 2 aromatic rings. The first-order valence-corrected chi connectivity index (χ1v) is 8.32. The van der Waals surface area contributed by atoms with E-state index in [1.165, 1.54) is 21.0 Å². The number of rotatable bonds is 5. The van der Waals surface area contributed by atoms with Crippen molar-refractivity contribution in [2.45, 2.75) is 39.5 Å². The molecule has 2 nitrogen and oxygen atoms in total. The number of hydrogen-bond acceptors (Lipinski definition) is 3. The van der Waals surface area contributed by atoms with Crippen LogP contribution < -0.4 is 10.1 Å². The molecular weight excluding hydrogens is 278 g/mol. The Labute approximate surface area is 132 Å². The first-order chi connectivity index (χ1) is 9.95. The number of hydrogen-bond donors (Lipinski definition) is 1. The fourth-order valence-corrected chi connectivity index (χ4v) is 3.02. The van der Waals surface area contributed by atoms with Crippen molar-refractivity contribution in [2.75, 3.05) is 19.0 Å². The summed E-state index contributed by atoms with van der Waals surface area (Å²) in [5, 5.41) is 4.38. The molecule has 1 aromatic carbocycles. The van der Waals surface area contributed by atoms with E-state index in [1.807, 2.05) is 7.05 Å². The third kappa shape index (κ3) is 3.79. The minimum Gasteiger partial charge on any atom is -0.493 e. The van der Waals surface area contributed by atoms with E-state index in [0.717, 1.165) is 18.8 Å². The predicted octanol–water partition coefficient (Wildman–Crippen LogP) is 5.54. The van der Waals surface area contributed by atoms with Crippen molar-refractivity contribution >= 4 is 16.3 Å². The average Bonchev–Trinajstić information content (AvgIpc) is 2.92. The zero-order valence-corrected chi connectivity index (χ0v) is 14.4.